The van der Waals surface area contributed by atoms with Crippen LogP contribution in [0, 0.1) is 13.8 Å². The van der Waals surface area contributed by atoms with Crippen molar-refractivity contribution in [1.82, 2.24) is 5.43 Å². The zero-order valence-electron chi connectivity index (χ0n) is 15.4. The normalized spacial score (nSPS) is 11.0. The maximum Gasteiger partial charge on any atom is 0.271 e. The van der Waals surface area contributed by atoms with Gasteiger partial charge in [0, 0.05) is 11.3 Å². The summed E-state index contributed by atoms with van der Waals surface area (Å²) in [5, 5.41) is 6.80. The third-order valence-corrected chi connectivity index (χ3v) is 3.67. The van der Waals surface area contributed by atoms with Gasteiger partial charge in [-0.3, -0.25) is 9.59 Å². The number of hydrazone groups is 1. The van der Waals surface area contributed by atoms with E-state index < -0.39 is 0 Å². The molecule has 0 bridgehead atoms. The lowest BCUT2D eigenvalue weighted by atomic mass is 10.1. The van der Waals surface area contributed by atoms with Gasteiger partial charge in [-0.15, -0.1) is 0 Å². The Morgan fingerprint density at radius 2 is 1.81 bits per heavy atom. The largest absolute Gasteiger partial charge is 0.495 e. The lowest BCUT2D eigenvalue weighted by Gasteiger charge is -2.11. The van der Waals surface area contributed by atoms with Gasteiger partial charge in [0.05, 0.1) is 19.2 Å². The van der Waals surface area contributed by atoms with Crippen LogP contribution in [0.25, 0.3) is 0 Å². The summed E-state index contributed by atoms with van der Waals surface area (Å²) in [6, 6.07) is 12.7. The number of ether oxygens (including phenoxy) is 1. The summed E-state index contributed by atoms with van der Waals surface area (Å²) in [6.45, 7) is 5.53. The van der Waals surface area contributed by atoms with Gasteiger partial charge in [0.25, 0.3) is 5.91 Å². The van der Waals surface area contributed by atoms with Crippen molar-refractivity contribution in [2.24, 2.45) is 5.10 Å². The average molecular weight is 353 g/mol. The van der Waals surface area contributed by atoms with Crippen molar-refractivity contribution in [3.05, 3.63) is 59.2 Å². The molecule has 0 aliphatic heterocycles. The molecule has 0 spiro atoms. The Hall–Kier alpha value is -3.15. The highest BCUT2D eigenvalue weighted by atomic mass is 16.5. The van der Waals surface area contributed by atoms with E-state index in [-0.39, 0.29) is 18.2 Å². The molecule has 0 aliphatic rings. The van der Waals surface area contributed by atoms with Crippen molar-refractivity contribution >= 4 is 23.2 Å². The fraction of sp³-hybridized carbons (Fsp3) is 0.250. The van der Waals surface area contributed by atoms with Crippen LogP contribution in [-0.2, 0) is 4.79 Å². The molecule has 2 rings (SSSR count). The van der Waals surface area contributed by atoms with Crippen LogP contribution in [-0.4, -0.2) is 24.6 Å². The SMILES string of the molecule is COc1ccc(C)cc1NC(=O)C/C(C)=N\NC(=O)c1cccc(C)c1. The molecular formula is C20H23N3O3. The number of nitrogens with one attached hydrogen (secondary N) is 2. The smallest absolute Gasteiger partial charge is 0.271 e. The fourth-order valence-corrected chi connectivity index (χ4v) is 2.38. The first-order valence-corrected chi connectivity index (χ1v) is 8.23. The number of aryl methyl sites for hydroxylation is 2. The van der Waals surface area contributed by atoms with Gasteiger partial charge < -0.3 is 10.1 Å². The van der Waals surface area contributed by atoms with Crippen molar-refractivity contribution in [1.29, 1.82) is 0 Å². The molecule has 0 aliphatic carbocycles. The Labute approximate surface area is 153 Å². The highest BCUT2D eigenvalue weighted by Crippen LogP contribution is 2.25. The van der Waals surface area contributed by atoms with Gasteiger partial charge in [0.2, 0.25) is 5.91 Å². The predicted octanol–water partition coefficient (Wildman–Crippen LogP) is 3.45. The molecule has 0 atom stereocenters. The van der Waals surface area contributed by atoms with Crippen molar-refractivity contribution in [2.45, 2.75) is 27.2 Å². The Balaban J connectivity index is 1.95. The number of carbonyl (C=O) groups is 2. The van der Waals surface area contributed by atoms with Gasteiger partial charge in [-0.05, 0) is 50.6 Å². The standard InChI is InChI=1S/C20H23N3O3/c1-13-6-5-7-16(10-13)20(25)23-22-15(3)12-19(24)21-17-11-14(2)8-9-18(17)26-4/h5-11H,12H2,1-4H3,(H,21,24)(H,23,25)/b22-15-. The molecule has 2 N–H and O–H groups in total. The molecule has 26 heavy (non-hydrogen) atoms. The van der Waals surface area contributed by atoms with Gasteiger partial charge in [-0.25, -0.2) is 5.43 Å². The summed E-state index contributed by atoms with van der Waals surface area (Å²) in [4.78, 5) is 24.3. The zero-order chi connectivity index (χ0) is 19.1. The quantitative estimate of drug-likeness (QED) is 0.617. The second kappa shape index (κ2) is 8.80. The molecule has 2 amide bonds. The summed E-state index contributed by atoms with van der Waals surface area (Å²) < 4.78 is 5.24. The number of methoxy groups -OCH3 is 1. The fourth-order valence-electron chi connectivity index (χ4n) is 2.38. The summed E-state index contributed by atoms with van der Waals surface area (Å²) in [5.41, 5.74) is 6.10. The van der Waals surface area contributed by atoms with Crippen LogP contribution in [0.4, 0.5) is 5.69 Å². The number of anilines is 1. The van der Waals surface area contributed by atoms with Crippen molar-refractivity contribution in [3.8, 4) is 5.75 Å². The number of hydrogen-bond acceptors (Lipinski definition) is 4. The number of nitrogens with zero attached hydrogens (tertiary/aromatic N) is 1. The van der Waals surface area contributed by atoms with Gasteiger partial charge in [-0.2, -0.15) is 5.10 Å². The molecule has 0 unspecified atom stereocenters. The van der Waals surface area contributed by atoms with E-state index in [1.165, 1.54) is 0 Å². The monoisotopic (exact) mass is 353 g/mol. The second-order valence-corrected chi connectivity index (χ2v) is 6.09. The van der Waals surface area contributed by atoms with Crippen LogP contribution in [0.2, 0.25) is 0 Å². The Morgan fingerprint density at radius 1 is 1.08 bits per heavy atom. The minimum absolute atomic E-state index is 0.0607. The lowest BCUT2D eigenvalue weighted by molar-refractivity contribution is -0.115. The van der Waals surface area contributed by atoms with E-state index in [2.05, 4.69) is 15.8 Å². The second-order valence-electron chi connectivity index (χ2n) is 6.09. The Bertz CT molecular complexity index is 844. The van der Waals surface area contributed by atoms with Gasteiger partial charge in [-0.1, -0.05) is 23.8 Å². The van der Waals surface area contributed by atoms with E-state index in [4.69, 9.17) is 4.74 Å². The van der Waals surface area contributed by atoms with E-state index in [0.717, 1.165) is 11.1 Å². The van der Waals surface area contributed by atoms with Crippen molar-refractivity contribution in [3.63, 3.8) is 0 Å². The molecule has 136 valence electrons. The molecular weight excluding hydrogens is 330 g/mol. The summed E-state index contributed by atoms with van der Waals surface area (Å²) in [6.07, 6.45) is 0.0607. The molecule has 2 aromatic carbocycles. The van der Waals surface area contributed by atoms with Crippen molar-refractivity contribution in [2.75, 3.05) is 12.4 Å². The third kappa shape index (κ3) is 5.44. The Morgan fingerprint density at radius 3 is 2.50 bits per heavy atom. The highest BCUT2D eigenvalue weighted by molar-refractivity contribution is 6.06. The molecule has 6 heteroatoms. The predicted molar refractivity (Wildman–Crippen MR) is 103 cm³/mol. The number of rotatable bonds is 6. The topological polar surface area (TPSA) is 79.8 Å². The molecule has 0 radical (unpaired) electrons. The molecule has 6 nitrogen and oxygen atoms in total. The van der Waals surface area contributed by atoms with Crippen LogP contribution >= 0.6 is 0 Å². The van der Waals surface area contributed by atoms with Crippen LogP contribution in [0.15, 0.2) is 47.6 Å². The summed E-state index contributed by atoms with van der Waals surface area (Å²) in [5.74, 6) is 0.0417. The minimum Gasteiger partial charge on any atom is -0.495 e. The molecule has 0 aromatic heterocycles. The third-order valence-electron chi connectivity index (χ3n) is 3.67. The van der Waals surface area contributed by atoms with Crippen LogP contribution in [0.5, 0.6) is 5.75 Å². The average Bonchev–Trinajstić information content (AvgIpc) is 2.59. The molecule has 0 saturated carbocycles. The maximum absolute atomic E-state index is 12.2. The van der Waals surface area contributed by atoms with Gasteiger partial charge >= 0.3 is 0 Å². The number of hydrogen-bond donors (Lipinski definition) is 2. The molecule has 0 fully saturated rings. The van der Waals surface area contributed by atoms with Gasteiger partial charge in [0.15, 0.2) is 0 Å². The van der Waals surface area contributed by atoms with E-state index >= 15 is 0 Å². The highest BCUT2D eigenvalue weighted by Gasteiger charge is 2.10. The first-order chi connectivity index (χ1) is 12.4. The van der Waals surface area contributed by atoms with E-state index in [9.17, 15) is 9.59 Å². The summed E-state index contributed by atoms with van der Waals surface area (Å²) in [7, 11) is 1.55. The molecule has 0 heterocycles. The van der Waals surface area contributed by atoms with E-state index in [1.54, 1.807) is 32.2 Å². The van der Waals surface area contributed by atoms with Crippen LogP contribution in [0.3, 0.4) is 0 Å². The number of carbonyl (C=O) groups excluding carboxylic acids is 2. The Kier molecular flexibility index (Phi) is 6.49. The number of amides is 2. The molecule has 2 aromatic rings. The van der Waals surface area contributed by atoms with Gasteiger partial charge in [0.1, 0.15) is 5.75 Å². The van der Waals surface area contributed by atoms with Crippen LogP contribution < -0.4 is 15.5 Å². The van der Waals surface area contributed by atoms with Crippen LogP contribution in [0.1, 0.15) is 34.8 Å². The van der Waals surface area contributed by atoms with E-state index in [0.29, 0.717) is 22.7 Å². The van der Waals surface area contributed by atoms with Crippen molar-refractivity contribution < 1.29 is 14.3 Å². The summed E-state index contributed by atoms with van der Waals surface area (Å²) >= 11 is 0. The van der Waals surface area contributed by atoms with E-state index in [1.807, 2.05) is 38.1 Å². The first kappa shape index (κ1) is 19.2. The maximum atomic E-state index is 12.2. The molecule has 0 saturated heterocycles. The zero-order valence-corrected chi connectivity index (χ0v) is 15.4. The number of benzene rings is 2. The lowest BCUT2D eigenvalue weighted by Crippen LogP contribution is -2.21. The minimum atomic E-state index is -0.311. The first-order valence-electron chi connectivity index (χ1n) is 8.23.